The third-order valence-electron chi connectivity index (χ3n) is 4.73. The van der Waals surface area contributed by atoms with E-state index in [4.69, 9.17) is 14.0 Å². The molecule has 0 unspecified atom stereocenters. The summed E-state index contributed by atoms with van der Waals surface area (Å²) < 4.78 is 30.9. The van der Waals surface area contributed by atoms with E-state index in [-0.39, 0.29) is 17.2 Å². The zero-order chi connectivity index (χ0) is 19.1. The molecule has 0 atom stereocenters. The van der Waals surface area contributed by atoms with E-state index in [0.29, 0.717) is 5.46 Å². The predicted molar refractivity (Wildman–Crippen MR) is 95.3 cm³/mol. The van der Waals surface area contributed by atoms with Crippen LogP contribution in [0.4, 0.5) is 10.1 Å². The van der Waals surface area contributed by atoms with Crippen LogP contribution in [0.3, 0.4) is 0 Å². The van der Waals surface area contributed by atoms with E-state index in [1.165, 1.54) is 30.3 Å². The number of nitro groups is 1. The largest absolute Gasteiger partial charge is 0.494 e. The first-order valence-corrected chi connectivity index (χ1v) is 8.16. The SMILES string of the molecule is CC1(C)OB(c2ccc([N+](=O)[O-])c(Oc3cccc(F)c3)c2)OC1(C)C. The molecule has 1 aliphatic rings. The van der Waals surface area contributed by atoms with Gasteiger partial charge in [0.2, 0.25) is 5.75 Å². The van der Waals surface area contributed by atoms with Crippen molar-refractivity contribution in [2.24, 2.45) is 0 Å². The lowest BCUT2D eigenvalue weighted by molar-refractivity contribution is -0.385. The molecule has 0 amide bonds. The third-order valence-corrected chi connectivity index (χ3v) is 4.73. The van der Waals surface area contributed by atoms with Crippen molar-refractivity contribution in [1.29, 1.82) is 0 Å². The van der Waals surface area contributed by atoms with Crippen LogP contribution >= 0.6 is 0 Å². The molecule has 8 heteroatoms. The molecule has 1 aliphatic heterocycles. The maximum atomic E-state index is 13.4. The van der Waals surface area contributed by atoms with Gasteiger partial charge in [0.05, 0.1) is 16.1 Å². The zero-order valence-corrected chi connectivity index (χ0v) is 15.0. The molecule has 1 heterocycles. The average molecular weight is 359 g/mol. The monoisotopic (exact) mass is 359 g/mol. The zero-order valence-electron chi connectivity index (χ0n) is 15.0. The van der Waals surface area contributed by atoms with Gasteiger partial charge in [-0.3, -0.25) is 10.1 Å². The summed E-state index contributed by atoms with van der Waals surface area (Å²) in [4.78, 5) is 10.8. The van der Waals surface area contributed by atoms with Gasteiger partial charge < -0.3 is 14.0 Å². The quantitative estimate of drug-likeness (QED) is 0.471. The average Bonchev–Trinajstić information content (AvgIpc) is 2.75. The molecular formula is C18H19BFNO5. The molecule has 1 fully saturated rings. The van der Waals surface area contributed by atoms with Gasteiger partial charge in [-0.25, -0.2) is 4.39 Å². The molecule has 136 valence electrons. The fraction of sp³-hybridized carbons (Fsp3) is 0.333. The number of nitro benzene ring substituents is 1. The van der Waals surface area contributed by atoms with Crippen molar-refractivity contribution >= 4 is 18.3 Å². The van der Waals surface area contributed by atoms with Gasteiger partial charge in [0.1, 0.15) is 11.6 Å². The normalized spacial score (nSPS) is 18.0. The van der Waals surface area contributed by atoms with E-state index in [9.17, 15) is 14.5 Å². The summed E-state index contributed by atoms with van der Waals surface area (Å²) in [5.74, 6) is -0.334. The van der Waals surface area contributed by atoms with Crippen LogP contribution in [-0.4, -0.2) is 23.2 Å². The highest BCUT2D eigenvalue weighted by molar-refractivity contribution is 6.62. The van der Waals surface area contributed by atoms with Crippen molar-refractivity contribution in [1.82, 2.24) is 0 Å². The Bertz CT molecular complexity index is 839. The van der Waals surface area contributed by atoms with Crippen molar-refractivity contribution in [3.63, 3.8) is 0 Å². The first-order valence-electron chi connectivity index (χ1n) is 8.16. The first-order chi connectivity index (χ1) is 12.1. The van der Waals surface area contributed by atoms with Crippen LogP contribution in [0.15, 0.2) is 42.5 Å². The molecule has 0 spiro atoms. The van der Waals surface area contributed by atoms with Crippen LogP contribution < -0.4 is 10.2 Å². The third kappa shape index (κ3) is 3.43. The van der Waals surface area contributed by atoms with E-state index in [2.05, 4.69) is 0 Å². The summed E-state index contributed by atoms with van der Waals surface area (Å²) in [6.45, 7) is 7.68. The highest BCUT2D eigenvalue weighted by Crippen LogP contribution is 2.37. The highest BCUT2D eigenvalue weighted by atomic mass is 19.1. The fourth-order valence-electron chi connectivity index (χ4n) is 2.55. The Kier molecular flexibility index (Phi) is 4.50. The molecule has 2 aromatic carbocycles. The minimum atomic E-state index is -0.685. The summed E-state index contributed by atoms with van der Waals surface area (Å²) in [5, 5.41) is 11.3. The maximum Gasteiger partial charge on any atom is 0.494 e. The minimum Gasteiger partial charge on any atom is -0.450 e. The van der Waals surface area contributed by atoms with Crippen LogP contribution in [0, 0.1) is 15.9 Å². The molecule has 1 saturated heterocycles. The molecule has 2 aromatic rings. The van der Waals surface area contributed by atoms with Crippen molar-refractivity contribution in [3.8, 4) is 11.5 Å². The number of halogens is 1. The van der Waals surface area contributed by atoms with Gasteiger partial charge in [-0.05, 0) is 51.4 Å². The Balaban J connectivity index is 1.96. The minimum absolute atomic E-state index is 0.00666. The van der Waals surface area contributed by atoms with Crippen LogP contribution in [0.1, 0.15) is 27.7 Å². The van der Waals surface area contributed by atoms with Crippen LogP contribution in [0.5, 0.6) is 11.5 Å². The maximum absolute atomic E-state index is 13.4. The van der Waals surface area contributed by atoms with Crippen LogP contribution in [0.25, 0.3) is 0 Å². The molecule has 0 aromatic heterocycles. The summed E-state index contributed by atoms with van der Waals surface area (Å²) in [5.41, 5.74) is -0.721. The Labute approximate surface area is 151 Å². The Morgan fingerprint density at radius 2 is 1.73 bits per heavy atom. The number of hydrogen-bond acceptors (Lipinski definition) is 5. The lowest BCUT2D eigenvalue weighted by Gasteiger charge is -2.32. The van der Waals surface area contributed by atoms with Gasteiger partial charge in [0, 0.05) is 12.1 Å². The van der Waals surface area contributed by atoms with E-state index in [0.717, 1.165) is 6.07 Å². The standard InChI is InChI=1S/C18H19BFNO5/c1-17(2)18(3,4)26-19(25-17)12-8-9-15(21(22)23)16(10-12)24-14-7-5-6-13(20)11-14/h5-11H,1-4H3. The molecule has 0 radical (unpaired) electrons. The Hall–Kier alpha value is -2.45. The van der Waals surface area contributed by atoms with Crippen molar-refractivity contribution in [2.45, 2.75) is 38.9 Å². The van der Waals surface area contributed by atoms with Crippen molar-refractivity contribution in [3.05, 3.63) is 58.4 Å². The van der Waals surface area contributed by atoms with Gasteiger partial charge in [-0.2, -0.15) is 0 Å². The number of hydrogen-bond donors (Lipinski definition) is 0. The second kappa shape index (κ2) is 6.37. The number of benzene rings is 2. The molecular weight excluding hydrogens is 340 g/mol. The predicted octanol–water partition coefficient (Wildman–Crippen LogP) is 3.83. The second-order valence-electron chi connectivity index (χ2n) is 7.13. The summed E-state index contributed by atoms with van der Waals surface area (Å²) >= 11 is 0. The Morgan fingerprint density at radius 1 is 1.08 bits per heavy atom. The first kappa shape index (κ1) is 18.3. The van der Waals surface area contributed by atoms with Crippen molar-refractivity contribution < 1.29 is 23.4 Å². The molecule has 26 heavy (non-hydrogen) atoms. The molecule has 0 saturated carbocycles. The number of ether oxygens (including phenoxy) is 1. The summed E-state index contributed by atoms with van der Waals surface area (Å²) in [6.07, 6.45) is 0. The van der Waals surface area contributed by atoms with E-state index in [1.807, 2.05) is 27.7 Å². The van der Waals surface area contributed by atoms with Gasteiger partial charge >= 0.3 is 12.8 Å². The van der Waals surface area contributed by atoms with Gasteiger partial charge in [-0.15, -0.1) is 0 Å². The van der Waals surface area contributed by atoms with Gasteiger partial charge in [0.25, 0.3) is 0 Å². The molecule has 0 N–H and O–H groups in total. The number of nitrogens with zero attached hydrogens (tertiary/aromatic N) is 1. The fourth-order valence-corrected chi connectivity index (χ4v) is 2.55. The number of rotatable bonds is 4. The molecule has 6 nitrogen and oxygen atoms in total. The van der Waals surface area contributed by atoms with Crippen molar-refractivity contribution in [2.75, 3.05) is 0 Å². The molecule has 3 rings (SSSR count). The van der Waals surface area contributed by atoms with Gasteiger partial charge in [0.15, 0.2) is 0 Å². The van der Waals surface area contributed by atoms with Crippen LogP contribution in [-0.2, 0) is 9.31 Å². The van der Waals surface area contributed by atoms with E-state index < -0.39 is 29.1 Å². The van der Waals surface area contributed by atoms with E-state index in [1.54, 1.807) is 6.07 Å². The Morgan fingerprint density at radius 3 is 2.31 bits per heavy atom. The van der Waals surface area contributed by atoms with E-state index >= 15 is 0 Å². The lowest BCUT2D eigenvalue weighted by Crippen LogP contribution is -2.41. The second-order valence-corrected chi connectivity index (χ2v) is 7.13. The molecule has 0 bridgehead atoms. The summed E-state index contributed by atoms with van der Waals surface area (Å²) in [7, 11) is -0.685. The van der Waals surface area contributed by atoms with Crippen LogP contribution in [0.2, 0.25) is 0 Å². The molecule has 0 aliphatic carbocycles. The topological polar surface area (TPSA) is 70.8 Å². The smallest absolute Gasteiger partial charge is 0.450 e. The van der Waals surface area contributed by atoms with Gasteiger partial charge in [-0.1, -0.05) is 12.1 Å². The highest BCUT2D eigenvalue weighted by Gasteiger charge is 2.51. The summed E-state index contributed by atoms with van der Waals surface area (Å²) in [6, 6.07) is 9.80. The lowest BCUT2D eigenvalue weighted by atomic mass is 9.79.